The highest BCUT2D eigenvalue weighted by atomic mass is 32.1. The van der Waals surface area contributed by atoms with E-state index >= 15 is 0 Å². The Balaban J connectivity index is 1.21. The third kappa shape index (κ3) is 6.76. The number of fused-ring (bicyclic) bond motifs is 1. The molecule has 0 spiro atoms. The van der Waals surface area contributed by atoms with Crippen LogP contribution in [0.4, 0.5) is 0 Å². The van der Waals surface area contributed by atoms with E-state index in [-0.39, 0.29) is 5.91 Å². The molecule has 0 N–H and O–H groups in total. The van der Waals surface area contributed by atoms with Crippen LogP contribution in [0.15, 0.2) is 29.6 Å². The van der Waals surface area contributed by atoms with Gasteiger partial charge in [0.05, 0.1) is 20.6 Å². The Morgan fingerprint density at radius 2 is 1.82 bits per heavy atom. The maximum Gasteiger partial charge on any atom is 0.227 e. The zero-order valence-corrected chi connectivity index (χ0v) is 21.7. The average molecular weight is 485 g/mol. The first-order chi connectivity index (χ1) is 16.7. The number of hydrogen-bond donors (Lipinski definition) is 0. The van der Waals surface area contributed by atoms with Crippen LogP contribution >= 0.6 is 11.3 Å². The van der Waals surface area contributed by atoms with E-state index in [0.29, 0.717) is 18.1 Å². The van der Waals surface area contributed by atoms with Crippen LogP contribution in [0.1, 0.15) is 54.5 Å². The summed E-state index contributed by atoms with van der Waals surface area (Å²) >= 11 is 1.88. The molecule has 0 saturated carbocycles. The number of piperidine rings is 1. The molecule has 3 heterocycles. The normalized spacial score (nSPS) is 19.1. The van der Waals surface area contributed by atoms with Crippen LogP contribution in [0.3, 0.4) is 0 Å². The minimum atomic E-state index is 0.244. The predicted octanol–water partition coefficient (Wildman–Crippen LogP) is 5.21. The van der Waals surface area contributed by atoms with Crippen molar-refractivity contribution in [2.75, 3.05) is 46.9 Å². The van der Waals surface area contributed by atoms with Crippen molar-refractivity contribution in [1.82, 2.24) is 9.80 Å². The van der Waals surface area contributed by atoms with Crippen LogP contribution in [0, 0.1) is 5.92 Å². The molecule has 6 heteroatoms. The van der Waals surface area contributed by atoms with Gasteiger partial charge in [0.1, 0.15) is 0 Å². The Morgan fingerprint density at radius 3 is 2.59 bits per heavy atom. The number of likely N-dealkylation sites (tertiary alicyclic amines) is 1. The molecule has 34 heavy (non-hydrogen) atoms. The first-order valence-corrected chi connectivity index (χ1v) is 13.8. The van der Waals surface area contributed by atoms with Gasteiger partial charge in [-0.05, 0) is 92.2 Å². The summed E-state index contributed by atoms with van der Waals surface area (Å²) in [5.74, 6) is 2.28. The lowest BCUT2D eigenvalue weighted by molar-refractivity contribution is -0.131. The minimum absolute atomic E-state index is 0.244. The Labute approximate surface area is 209 Å². The van der Waals surface area contributed by atoms with Gasteiger partial charge in [-0.2, -0.15) is 0 Å². The van der Waals surface area contributed by atoms with Gasteiger partial charge in [-0.3, -0.25) is 4.79 Å². The number of unbranched alkanes of at least 4 members (excludes halogenated alkanes) is 3. The molecule has 1 aromatic carbocycles. The molecule has 0 aliphatic carbocycles. The van der Waals surface area contributed by atoms with Gasteiger partial charge in [-0.15, -0.1) is 11.3 Å². The third-order valence-corrected chi connectivity index (χ3v) is 8.30. The van der Waals surface area contributed by atoms with Crippen molar-refractivity contribution >= 4 is 17.2 Å². The van der Waals surface area contributed by atoms with Crippen LogP contribution in [-0.4, -0.2) is 62.7 Å². The fourth-order valence-electron chi connectivity index (χ4n) is 5.47. The maximum atomic E-state index is 13.1. The molecule has 2 aliphatic rings. The van der Waals surface area contributed by atoms with Crippen molar-refractivity contribution in [3.63, 3.8) is 0 Å². The topological polar surface area (TPSA) is 42.0 Å². The number of methoxy groups -OCH3 is 2. The lowest BCUT2D eigenvalue weighted by Crippen LogP contribution is -2.43. The third-order valence-electron chi connectivity index (χ3n) is 7.36. The molecule has 1 saturated heterocycles. The second kappa shape index (κ2) is 12.6. The highest BCUT2D eigenvalue weighted by Gasteiger charge is 2.27. The van der Waals surface area contributed by atoms with Gasteiger partial charge in [-0.1, -0.05) is 18.9 Å². The molecule has 1 unspecified atom stereocenters. The molecule has 1 atom stereocenters. The van der Waals surface area contributed by atoms with E-state index in [1.807, 2.05) is 23.5 Å². The molecule has 186 valence electrons. The number of aryl methyl sites for hydroxylation is 1. The number of carbonyl (C=O) groups is 1. The highest BCUT2D eigenvalue weighted by Crippen LogP contribution is 2.32. The number of thiophene rings is 1. The quantitative estimate of drug-likeness (QED) is 0.411. The molecular formula is C28H40N2O3S. The molecule has 2 aromatic rings. The van der Waals surface area contributed by atoms with Crippen molar-refractivity contribution in [2.45, 2.75) is 57.8 Å². The van der Waals surface area contributed by atoms with Gasteiger partial charge in [0.15, 0.2) is 11.5 Å². The van der Waals surface area contributed by atoms with Crippen molar-refractivity contribution in [3.05, 3.63) is 45.6 Å². The van der Waals surface area contributed by atoms with Gasteiger partial charge < -0.3 is 19.3 Å². The molecule has 2 aliphatic heterocycles. The summed E-state index contributed by atoms with van der Waals surface area (Å²) in [5.41, 5.74) is 2.28. The Morgan fingerprint density at radius 1 is 1.03 bits per heavy atom. The summed E-state index contributed by atoms with van der Waals surface area (Å²) in [6.07, 6.45) is 10.3. The van der Waals surface area contributed by atoms with Crippen molar-refractivity contribution < 1.29 is 14.3 Å². The Kier molecular flexibility index (Phi) is 9.28. The smallest absolute Gasteiger partial charge is 0.227 e. The van der Waals surface area contributed by atoms with Crippen LogP contribution in [0.2, 0.25) is 0 Å². The van der Waals surface area contributed by atoms with Crippen LogP contribution < -0.4 is 9.47 Å². The molecule has 0 bridgehead atoms. The fraction of sp³-hybridized carbons (Fsp3) is 0.607. The van der Waals surface area contributed by atoms with E-state index in [4.69, 9.17) is 9.47 Å². The van der Waals surface area contributed by atoms with Gasteiger partial charge in [0.2, 0.25) is 5.91 Å². The lowest BCUT2D eigenvalue weighted by Gasteiger charge is -2.35. The second-order valence-corrected chi connectivity index (χ2v) is 10.8. The van der Waals surface area contributed by atoms with Gasteiger partial charge in [0, 0.05) is 24.5 Å². The van der Waals surface area contributed by atoms with E-state index in [0.717, 1.165) is 37.4 Å². The van der Waals surface area contributed by atoms with E-state index in [1.54, 1.807) is 14.2 Å². The van der Waals surface area contributed by atoms with Crippen molar-refractivity contribution in [2.24, 2.45) is 5.92 Å². The minimum Gasteiger partial charge on any atom is -0.493 e. The molecule has 0 radical (unpaired) electrons. The van der Waals surface area contributed by atoms with Gasteiger partial charge in [0.25, 0.3) is 0 Å². The molecule has 5 nitrogen and oxygen atoms in total. The molecule has 1 amide bonds. The SMILES string of the molecule is COc1cc2c(cc1OC)CC(=O)N(CC1CCCN(CCCCCCc3cccs3)C1)CC2. The first-order valence-electron chi connectivity index (χ1n) is 12.9. The number of benzene rings is 1. The summed E-state index contributed by atoms with van der Waals surface area (Å²) < 4.78 is 10.9. The summed E-state index contributed by atoms with van der Waals surface area (Å²) in [7, 11) is 3.31. The Bertz CT molecular complexity index is 915. The fourth-order valence-corrected chi connectivity index (χ4v) is 6.22. The number of hydrogen-bond acceptors (Lipinski definition) is 5. The van der Waals surface area contributed by atoms with Gasteiger partial charge >= 0.3 is 0 Å². The number of nitrogens with zero attached hydrogens (tertiary/aromatic N) is 2. The van der Waals surface area contributed by atoms with Crippen molar-refractivity contribution in [1.29, 1.82) is 0 Å². The highest BCUT2D eigenvalue weighted by molar-refractivity contribution is 7.09. The number of amides is 1. The first kappa shape index (κ1) is 25.1. The molecular weight excluding hydrogens is 444 g/mol. The summed E-state index contributed by atoms with van der Waals surface area (Å²) in [6, 6.07) is 8.44. The molecule has 1 aromatic heterocycles. The van der Waals surface area contributed by atoms with Crippen LogP contribution in [0.25, 0.3) is 0 Å². The van der Waals surface area contributed by atoms with E-state index in [1.165, 1.54) is 68.5 Å². The molecule has 1 fully saturated rings. The summed E-state index contributed by atoms with van der Waals surface area (Å²) in [6.45, 7) is 5.23. The molecule has 4 rings (SSSR count). The summed E-state index contributed by atoms with van der Waals surface area (Å²) in [5, 5.41) is 2.18. The summed E-state index contributed by atoms with van der Waals surface area (Å²) in [4.78, 5) is 19.3. The second-order valence-electron chi connectivity index (χ2n) is 9.79. The monoisotopic (exact) mass is 484 g/mol. The van der Waals surface area contributed by atoms with Crippen molar-refractivity contribution in [3.8, 4) is 11.5 Å². The number of rotatable bonds is 11. The number of carbonyl (C=O) groups excluding carboxylic acids is 1. The largest absolute Gasteiger partial charge is 0.493 e. The van der Waals surface area contributed by atoms with Crippen LogP contribution in [-0.2, 0) is 24.1 Å². The predicted molar refractivity (Wildman–Crippen MR) is 139 cm³/mol. The van der Waals surface area contributed by atoms with E-state index in [9.17, 15) is 4.79 Å². The standard InChI is InChI=1S/C28H40N2O3S/c1-32-26-17-23-12-15-30(28(31)19-24(23)18-27(26)33-2)21-22-9-7-14-29(20-22)13-6-4-3-5-10-25-11-8-16-34-25/h8,11,16-18,22H,3-7,9-10,12-15,19-21H2,1-2H3. The zero-order chi connectivity index (χ0) is 23.8. The zero-order valence-electron chi connectivity index (χ0n) is 20.9. The maximum absolute atomic E-state index is 13.1. The van der Waals surface area contributed by atoms with Gasteiger partial charge in [-0.25, -0.2) is 0 Å². The lowest BCUT2D eigenvalue weighted by atomic mass is 9.96. The Hall–Kier alpha value is -2.05. The number of ether oxygens (including phenoxy) is 2. The average Bonchev–Trinajstić information content (AvgIpc) is 3.32. The van der Waals surface area contributed by atoms with E-state index < -0.39 is 0 Å². The van der Waals surface area contributed by atoms with Crippen LogP contribution in [0.5, 0.6) is 11.5 Å². The van der Waals surface area contributed by atoms with E-state index in [2.05, 4.69) is 27.3 Å².